The summed E-state index contributed by atoms with van der Waals surface area (Å²) in [7, 11) is -4.13. The molecule has 0 atom stereocenters. The van der Waals surface area contributed by atoms with E-state index in [-0.39, 0.29) is 4.90 Å². The van der Waals surface area contributed by atoms with E-state index in [1.54, 1.807) is 36.4 Å². The third-order valence-corrected chi connectivity index (χ3v) is 8.01. The first-order valence-electron chi connectivity index (χ1n) is 10.8. The van der Waals surface area contributed by atoms with E-state index in [0.717, 1.165) is 31.8 Å². The van der Waals surface area contributed by atoms with E-state index in [0.29, 0.717) is 11.4 Å². The Bertz CT molecular complexity index is 1410. The molecule has 0 heterocycles. The Hall–Kier alpha value is -3.62. The van der Waals surface area contributed by atoms with Crippen molar-refractivity contribution in [3.05, 3.63) is 115 Å². The van der Waals surface area contributed by atoms with E-state index >= 15 is 0 Å². The van der Waals surface area contributed by atoms with Crippen LogP contribution in [0.15, 0.2) is 118 Å². The fourth-order valence-corrected chi connectivity index (χ4v) is 5.70. The molecule has 0 saturated heterocycles. The van der Waals surface area contributed by atoms with Gasteiger partial charge in [0, 0.05) is 9.79 Å². The van der Waals surface area contributed by atoms with Gasteiger partial charge in [0.2, 0.25) is 5.91 Å². The molecule has 0 aromatic heterocycles. The molecule has 35 heavy (non-hydrogen) atoms. The van der Waals surface area contributed by atoms with Crippen LogP contribution >= 0.6 is 11.8 Å². The number of halogens is 1. The fraction of sp³-hybridized carbons (Fsp3) is 0.0741. The largest absolute Gasteiger partial charge is 0.323 e. The van der Waals surface area contributed by atoms with Gasteiger partial charge in [0.15, 0.2) is 0 Å². The first kappa shape index (κ1) is 24.5. The van der Waals surface area contributed by atoms with Gasteiger partial charge < -0.3 is 5.32 Å². The number of aryl methyl sites for hydroxylation is 1. The minimum absolute atomic E-state index is 0.104. The smallest absolute Gasteiger partial charge is 0.264 e. The van der Waals surface area contributed by atoms with Crippen molar-refractivity contribution in [2.45, 2.75) is 21.6 Å². The van der Waals surface area contributed by atoms with Crippen LogP contribution in [0.25, 0.3) is 0 Å². The lowest BCUT2D eigenvalue weighted by Crippen LogP contribution is -2.38. The zero-order valence-electron chi connectivity index (χ0n) is 18.9. The number of hydrogen-bond acceptors (Lipinski definition) is 4. The highest BCUT2D eigenvalue weighted by atomic mass is 32.2. The number of nitrogens with one attached hydrogen (secondary N) is 1. The van der Waals surface area contributed by atoms with E-state index in [2.05, 4.69) is 5.32 Å². The highest BCUT2D eigenvalue weighted by molar-refractivity contribution is 7.99. The van der Waals surface area contributed by atoms with Gasteiger partial charge in [-0.1, -0.05) is 59.8 Å². The van der Waals surface area contributed by atoms with Crippen molar-refractivity contribution in [3.63, 3.8) is 0 Å². The fourth-order valence-electron chi connectivity index (χ4n) is 3.35. The number of para-hydroxylation sites is 1. The maximum absolute atomic E-state index is 13.4. The summed E-state index contributed by atoms with van der Waals surface area (Å²) in [5, 5.41) is 2.85. The molecule has 0 saturated carbocycles. The van der Waals surface area contributed by atoms with E-state index in [4.69, 9.17) is 0 Å². The molecule has 0 unspecified atom stereocenters. The first-order valence-corrected chi connectivity index (χ1v) is 13.1. The maximum Gasteiger partial charge on any atom is 0.264 e. The Balaban J connectivity index is 1.61. The van der Waals surface area contributed by atoms with Gasteiger partial charge in [-0.05, 0) is 67.6 Å². The summed E-state index contributed by atoms with van der Waals surface area (Å²) >= 11 is 1.49. The Labute approximate surface area is 208 Å². The van der Waals surface area contributed by atoms with Gasteiger partial charge in [-0.3, -0.25) is 9.10 Å². The number of carbonyl (C=O) groups is 1. The van der Waals surface area contributed by atoms with Gasteiger partial charge in [-0.15, -0.1) is 0 Å². The van der Waals surface area contributed by atoms with Crippen LogP contribution in [0.3, 0.4) is 0 Å². The molecule has 1 N–H and O–H groups in total. The zero-order valence-corrected chi connectivity index (χ0v) is 20.5. The minimum Gasteiger partial charge on any atom is -0.323 e. The van der Waals surface area contributed by atoms with E-state index in [9.17, 15) is 17.6 Å². The number of nitrogens with zero attached hydrogens (tertiary/aromatic N) is 1. The zero-order chi connectivity index (χ0) is 24.8. The molecule has 0 aliphatic carbocycles. The second kappa shape index (κ2) is 10.8. The predicted molar refractivity (Wildman–Crippen MR) is 138 cm³/mol. The van der Waals surface area contributed by atoms with Crippen molar-refractivity contribution in [1.82, 2.24) is 0 Å². The van der Waals surface area contributed by atoms with Gasteiger partial charge in [0.05, 0.1) is 16.3 Å². The molecule has 178 valence electrons. The molecule has 0 aliphatic heterocycles. The number of hydrogen-bond donors (Lipinski definition) is 1. The minimum atomic E-state index is -4.13. The molecule has 8 heteroatoms. The normalized spacial score (nSPS) is 11.1. The monoisotopic (exact) mass is 506 g/mol. The highest BCUT2D eigenvalue weighted by Gasteiger charge is 2.27. The van der Waals surface area contributed by atoms with Gasteiger partial charge in [-0.25, -0.2) is 12.8 Å². The van der Waals surface area contributed by atoms with Gasteiger partial charge in [0.25, 0.3) is 10.0 Å². The summed E-state index contributed by atoms with van der Waals surface area (Å²) < 4.78 is 41.3. The van der Waals surface area contributed by atoms with Crippen LogP contribution in [0.2, 0.25) is 0 Å². The summed E-state index contributed by atoms with van der Waals surface area (Å²) in [6.07, 6.45) is 0. The standard InChI is InChI=1S/C27H23FN2O3S2/c1-20-11-15-22(16-12-20)30(35(32,33)24-17-13-21(28)14-18-24)19-27(31)29-25-9-5-6-10-26(25)34-23-7-3-2-4-8-23/h2-18H,19H2,1H3,(H,29,31). The molecule has 5 nitrogen and oxygen atoms in total. The van der Waals surface area contributed by atoms with E-state index < -0.39 is 28.3 Å². The van der Waals surface area contributed by atoms with Crippen molar-refractivity contribution in [2.75, 3.05) is 16.2 Å². The summed E-state index contributed by atoms with van der Waals surface area (Å²) in [5.41, 5.74) is 1.86. The number of carbonyl (C=O) groups excluding carboxylic acids is 1. The number of benzene rings is 4. The average Bonchev–Trinajstić information content (AvgIpc) is 2.85. The third-order valence-electron chi connectivity index (χ3n) is 5.14. The summed E-state index contributed by atoms with van der Waals surface area (Å²) in [6, 6.07) is 28.4. The Kier molecular flexibility index (Phi) is 7.53. The lowest BCUT2D eigenvalue weighted by molar-refractivity contribution is -0.114. The van der Waals surface area contributed by atoms with Crippen LogP contribution in [0.1, 0.15) is 5.56 Å². The van der Waals surface area contributed by atoms with Crippen LogP contribution in [-0.4, -0.2) is 20.9 Å². The van der Waals surface area contributed by atoms with Crippen molar-refractivity contribution in [1.29, 1.82) is 0 Å². The first-order chi connectivity index (χ1) is 16.8. The Morgan fingerprint density at radius 1 is 0.857 bits per heavy atom. The molecular formula is C27H23FN2O3S2. The molecule has 0 aliphatic rings. The van der Waals surface area contributed by atoms with Crippen LogP contribution < -0.4 is 9.62 Å². The van der Waals surface area contributed by atoms with Crippen LogP contribution in [0.4, 0.5) is 15.8 Å². The molecule has 4 rings (SSSR count). The molecular weight excluding hydrogens is 483 g/mol. The number of sulfonamides is 1. The Morgan fingerprint density at radius 2 is 1.49 bits per heavy atom. The molecule has 1 amide bonds. The van der Waals surface area contributed by atoms with Crippen molar-refractivity contribution in [3.8, 4) is 0 Å². The lowest BCUT2D eigenvalue weighted by atomic mass is 10.2. The van der Waals surface area contributed by atoms with Gasteiger partial charge in [0.1, 0.15) is 12.4 Å². The van der Waals surface area contributed by atoms with Gasteiger partial charge in [-0.2, -0.15) is 0 Å². The molecule has 0 radical (unpaired) electrons. The second-order valence-electron chi connectivity index (χ2n) is 7.76. The van der Waals surface area contributed by atoms with Gasteiger partial charge >= 0.3 is 0 Å². The maximum atomic E-state index is 13.4. The molecule has 0 spiro atoms. The lowest BCUT2D eigenvalue weighted by Gasteiger charge is -2.24. The quantitative estimate of drug-likeness (QED) is 0.313. The van der Waals surface area contributed by atoms with Crippen molar-refractivity contribution in [2.24, 2.45) is 0 Å². The van der Waals surface area contributed by atoms with E-state index in [1.807, 2.05) is 49.4 Å². The van der Waals surface area contributed by atoms with Crippen molar-refractivity contribution >= 4 is 39.1 Å². The molecule has 0 bridgehead atoms. The number of amides is 1. The van der Waals surface area contributed by atoms with Crippen LogP contribution in [-0.2, 0) is 14.8 Å². The molecule has 4 aromatic carbocycles. The highest BCUT2D eigenvalue weighted by Crippen LogP contribution is 2.33. The number of rotatable bonds is 8. The molecule has 0 fully saturated rings. The van der Waals surface area contributed by atoms with Crippen molar-refractivity contribution < 1.29 is 17.6 Å². The predicted octanol–water partition coefficient (Wildman–Crippen LogP) is 6.12. The SMILES string of the molecule is Cc1ccc(N(CC(=O)Nc2ccccc2Sc2ccccc2)S(=O)(=O)c2ccc(F)cc2)cc1. The van der Waals surface area contributed by atoms with Crippen LogP contribution in [0, 0.1) is 12.7 Å². The second-order valence-corrected chi connectivity index (χ2v) is 10.7. The number of anilines is 2. The summed E-state index contributed by atoms with van der Waals surface area (Å²) in [4.78, 5) is 14.8. The molecule has 4 aromatic rings. The topological polar surface area (TPSA) is 66.5 Å². The Morgan fingerprint density at radius 3 is 2.17 bits per heavy atom. The summed E-state index contributed by atoms with van der Waals surface area (Å²) in [6.45, 7) is 1.43. The van der Waals surface area contributed by atoms with E-state index in [1.165, 1.54) is 23.9 Å². The average molecular weight is 507 g/mol. The summed E-state index contributed by atoms with van der Waals surface area (Å²) in [5.74, 6) is -1.05. The van der Waals surface area contributed by atoms with Crippen LogP contribution in [0.5, 0.6) is 0 Å². The third kappa shape index (κ3) is 6.09.